The van der Waals surface area contributed by atoms with Crippen LogP contribution in [0.5, 0.6) is 0 Å². The lowest BCUT2D eigenvalue weighted by atomic mass is 10.2. The number of hydrogen-bond donors (Lipinski definition) is 1. The molecule has 0 aliphatic carbocycles. The van der Waals surface area contributed by atoms with Crippen LogP contribution >= 0.6 is 0 Å². The quantitative estimate of drug-likeness (QED) is 0.805. The average Bonchev–Trinajstić information content (AvgIpc) is 2.34. The highest BCUT2D eigenvalue weighted by molar-refractivity contribution is 5.36. The molecule has 4 heteroatoms. The minimum Gasteiger partial charge on any atom is -0.383 e. The molecule has 2 rings (SSSR count). The largest absolute Gasteiger partial charge is 0.383 e. The van der Waals surface area contributed by atoms with Crippen LogP contribution in [-0.2, 0) is 13.0 Å². The van der Waals surface area contributed by atoms with Crippen LogP contribution in [0, 0.1) is 0 Å². The Bertz CT molecular complexity index is 482. The van der Waals surface area contributed by atoms with E-state index in [0.717, 1.165) is 24.2 Å². The van der Waals surface area contributed by atoms with Gasteiger partial charge >= 0.3 is 0 Å². The number of nitrogen functional groups attached to an aromatic ring is 1. The van der Waals surface area contributed by atoms with E-state index >= 15 is 0 Å². The summed E-state index contributed by atoms with van der Waals surface area (Å²) in [7, 11) is 0. The van der Waals surface area contributed by atoms with Gasteiger partial charge in [0.2, 0.25) is 0 Å². The Kier molecular flexibility index (Phi) is 3.65. The predicted molar refractivity (Wildman–Crippen MR) is 66.2 cm³/mol. The van der Waals surface area contributed by atoms with Crippen molar-refractivity contribution < 1.29 is 4.57 Å². The Morgan fingerprint density at radius 3 is 2.65 bits per heavy atom. The van der Waals surface area contributed by atoms with Crippen molar-refractivity contribution in [3.05, 3.63) is 48.2 Å². The monoisotopic (exact) mass is 229 g/mol. The molecule has 0 radical (unpaired) electrons. The van der Waals surface area contributed by atoms with Gasteiger partial charge in [0.05, 0.1) is 5.56 Å². The lowest BCUT2D eigenvalue weighted by Crippen LogP contribution is -2.33. The van der Waals surface area contributed by atoms with Crippen LogP contribution in [0.2, 0.25) is 0 Å². The number of rotatable bonds is 4. The third-order valence-electron chi connectivity index (χ3n) is 2.55. The topological polar surface area (TPSA) is 55.7 Å². The Balaban J connectivity index is 2.17. The molecule has 0 amide bonds. The molecule has 0 aliphatic heterocycles. The zero-order valence-electron chi connectivity index (χ0n) is 10.0. The number of pyridine rings is 1. The van der Waals surface area contributed by atoms with Gasteiger partial charge in [0.25, 0.3) is 0 Å². The Labute approximate surface area is 101 Å². The molecule has 2 aromatic heterocycles. The molecule has 0 aliphatic rings. The molecule has 17 heavy (non-hydrogen) atoms. The van der Waals surface area contributed by atoms with Crippen molar-refractivity contribution in [3.8, 4) is 0 Å². The van der Waals surface area contributed by atoms with Crippen LogP contribution in [0.4, 0.5) is 5.82 Å². The van der Waals surface area contributed by atoms with E-state index in [1.165, 1.54) is 0 Å². The molecule has 0 saturated carbocycles. The second-order valence-electron chi connectivity index (χ2n) is 3.99. The van der Waals surface area contributed by atoms with Gasteiger partial charge in [-0.15, -0.1) is 0 Å². The molecular weight excluding hydrogens is 212 g/mol. The maximum absolute atomic E-state index is 5.94. The highest BCUT2D eigenvalue weighted by atomic mass is 15.0. The molecule has 2 N–H and O–H groups in total. The molecule has 2 heterocycles. The summed E-state index contributed by atoms with van der Waals surface area (Å²) in [5.74, 6) is 1.41. The number of hydrogen-bond acceptors (Lipinski definition) is 3. The van der Waals surface area contributed by atoms with E-state index in [1.807, 2.05) is 36.8 Å². The number of aromatic nitrogens is 3. The number of nitrogens with zero attached hydrogens (tertiary/aromatic N) is 3. The third kappa shape index (κ3) is 3.00. The van der Waals surface area contributed by atoms with Crippen molar-refractivity contribution in [1.82, 2.24) is 9.97 Å². The van der Waals surface area contributed by atoms with Gasteiger partial charge in [0.1, 0.15) is 11.6 Å². The molecule has 0 unspecified atom stereocenters. The number of nitrogens with two attached hydrogens (primary N) is 1. The van der Waals surface area contributed by atoms with Gasteiger partial charge in [-0.1, -0.05) is 13.0 Å². The van der Waals surface area contributed by atoms with Crippen molar-refractivity contribution in [2.75, 3.05) is 5.73 Å². The summed E-state index contributed by atoms with van der Waals surface area (Å²) in [6.07, 6.45) is 7.74. The highest BCUT2D eigenvalue weighted by Gasteiger charge is 2.08. The fourth-order valence-electron chi connectivity index (χ4n) is 1.66. The fourth-order valence-corrected chi connectivity index (χ4v) is 1.66. The molecule has 88 valence electrons. The first-order valence-corrected chi connectivity index (χ1v) is 5.84. The summed E-state index contributed by atoms with van der Waals surface area (Å²) in [6, 6.07) is 5.96. The third-order valence-corrected chi connectivity index (χ3v) is 2.55. The molecular formula is C13H17N4+. The SMILES string of the molecule is CCCc1ncc(C[n+]2ccccc2)c(N)n1. The first kappa shape index (κ1) is 11.5. The molecule has 0 saturated heterocycles. The first-order valence-electron chi connectivity index (χ1n) is 5.84. The maximum Gasteiger partial charge on any atom is 0.178 e. The lowest BCUT2D eigenvalue weighted by Gasteiger charge is -2.03. The van der Waals surface area contributed by atoms with Gasteiger partial charge in [-0.25, -0.2) is 14.5 Å². The average molecular weight is 229 g/mol. The molecule has 0 spiro atoms. The van der Waals surface area contributed by atoms with Gasteiger partial charge in [-0.05, 0) is 6.42 Å². The fraction of sp³-hybridized carbons (Fsp3) is 0.308. The molecule has 0 bridgehead atoms. The number of anilines is 1. The van der Waals surface area contributed by atoms with Gasteiger partial charge in [-0.2, -0.15) is 0 Å². The van der Waals surface area contributed by atoms with Crippen LogP contribution in [0.3, 0.4) is 0 Å². The van der Waals surface area contributed by atoms with E-state index in [4.69, 9.17) is 5.73 Å². The molecule has 0 fully saturated rings. The van der Waals surface area contributed by atoms with E-state index in [2.05, 4.69) is 21.5 Å². The van der Waals surface area contributed by atoms with Crippen molar-refractivity contribution >= 4 is 5.82 Å². The summed E-state index contributed by atoms with van der Waals surface area (Å²) < 4.78 is 2.05. The summed E-state index contributed by atoms with van der Waals surface area (Å²) in [5.41, 5.74) is 6.89. The standard InChI is InChI=1S/C13H17N4/c1-2-6-12-15-9-11(13(14)16-12)10-17-7-4-3-5-8-17/h3-5,7-9H,2,6,10H2,1H3,(H2,14,15,16)/q+1. The predicted octanol–water partition coefficient (Wildman–Crippen LogP) is 1.35. The van der Waals surface area contributed by atoms with Crippen LogP contribution in [0.1, 0.15) is 24.7 Å². The normalized spacial score (nSPS) is 10.4. The van der Waals surface area contributed by atoms with Crippen molar-refractivity contribution in [3.63, 3.8) is 0 Å². The number of aryl methyl sites for hydroxylation is 1. The molecule has 2 aromatic rings. The van der Waals surface area contributed by atoms with Gasteiger partial charge in [-0.3, -0.25) is 0 Å². The highest BCUT2D eigenvalue weighted by Crippen LogP contribution is 2.07. The van der Waals surface area contributed by atoms with Crippen molar-refractivity contribution in [2.24, 2.45) is 0 Å². The second kappa shape index (κ2) is 5.39. The lowest BCUT2D eigenvalue weighted by molar-refractivity contribution is -0.688. The molecule has 4 nitrogen and oxygen atoms in total. The maximum atomic E-state index is 5.94. The van der Waals surface area contributed by atoms with Crippen LogP contribution in [-0.4, -0.2) is 9.97 Å². The van der Waals surface area contributed by atoms with Gasteiger partial charge in [0.15, 0.2) is 18.9 Å². The van der Waals surface area contributed by atoms with Crippen molar-refractivity contribution in [1.29, 1.82) is 0 Å². The summed E-state index contributed by atoms with van der Waals surface area (Å²) in [5, 5.41) is 0. The van der Waals surface area contributed by atoms with Gasteiger partial charge in [0, 0.05) is 24.8 Å². The van der Waals surface area contributed by atoms with Crippen LogP contribution < -0.4 is 10.3 Å². The van der Waals surface area contributed by atoms with Crippen LogP contribution in [0.25, 0.3) is 0 Å². The molecule has 0 atom stereocenters. The van der Waals surface area contributed by atoms with E-state index in [0.29, 0.717) is 12.4 Å². The zero-order valence-corrected chi connectivity index (χ0v) is 10.0. The Hall–Kier alpha value is -1.97. The van der Waals surface area contributed by atoms with E-state index in [-0.39, 0.29) is 0 Å². The van der Waals surface area contributed by atoms with Crippen LogP contribution in [0.15, 0.2) is 36.8 Å². The molecule has 0 aromatic carbocycles. The Morgan fingerprint density at radius 2 is 2.00 bits per heavy atom. The van der Waals surface area contributed by atoms with E-state index in [9.17, 15) is 0 Å². The summed E-state index contributed by atoms with van der Waals surface area (Å²) in [4.78, 5) is 8.63. The minimum atomic E-state index is 0.583. The van der Waals surface area contributed by atoms with Gasteiger partial charge < -0.3 is 5.73 Å². The van der Waals surface area contributed by atoms with E-state index < -0.39 is 0 Å². The Morgan fingerprint density at radius 1 is 1.24 bits per heavy atom. The first-order chi connectivity index (χ1) is 8.29. The zero-order chi connectivity index (χ0) is 12.1. The minimum absolute atomic E-state index is 0.583. The summed E-state index contributed by atoms with van der Waals surface area (Å²) >= 11 is 0. The van der Waals surface area contributed by atoms with Crippen molar-refractivity contribution in [2.45, 2.75) is 26.3 Å². The second-order valence-corrected chi connectivity index (χ2v) is 3.99. The summed E-state index contributed by atoms with van der Waals surface area (Å²) in [6.45, 7) is 2.81. The van der Waals surface area contributed by atoms with E-state index in [1.54, 1.807) is 0 Å². The smallest absolute Gasteiger partial charge is 0.178 e.